The van der Waals surface area contributed by atoms with Gasteiger partial charge in [0.05, 0.1) is 0 Å². The van der Waals surface area contributed by atoms with E-state index in [0.717, 1.165) is 45.7 Å². The van der Waals surface area contributed by atoms with E-state index in [1.165, 1.54) is 0 Å². The molecule has 1 aromatic carbocycles. The van der Waals surface area contributed by atoms with E-state index in [9.17, 15) is 9.59 Å². The Labute approximate surface area is 168 Å². The van der Waals surface area contributed by atoms with E-state index in [0.29, 0.717) is 17.8 Å². The summed E-state index contributed by atoms with van der Waals surface area (Å²) in [5.41, 5.74) is 0.489. The average Bonchev–Trinajstić information content (AvgIpc) is 2.64. The first kappa shape index (κ1) is 22.2. The summed E-state index contributed by atoms with van der Waals surface area (Å²) in [4.78, 5) is 29.1. The Bertz CT molecular complexity index is 649. The van der Waals surface area contributed by atoms with Gasteiger partial charge in [0.1, 0.15) is 5.60 Å². The second kappa shape index (κ2) is 10.4. The predicted molar refractivity (Wildman–Crippen MR) is 112 cm³/mol. The largest absolute Gasteiger partial charge is 0.444 e. The van der Waals surface area contributed by atoms with Crippen LogP contribution in [0.2, 0.25) is 0 Å². The fourth-order valence-electron chi connectivity index (χ4n) is 3.10. The molecule has 156 valence electrons. The Morgan fingerprint density at radius 1 is 1.11 bits per heavy atom. The Morgan fingerprint density at radius 2 is 1.79 bits per heavy atom. The van der Waals surface area contributed by atoms with Gasteiger partial charge in [-0.05, 0) is 58.5 Å². The number of anilines is 1. The second-order valence-electron chi connectivity index (χ2n) is 8.09. The highest BCUT2D eigenvalue weighted by Gasteiger charge is 2.17. The van der Waals surface area contributed by atoms with Gasteiger partial charge >= 0.3 is 6.09 Å². The van der Waals surface area contributed by atoms with Crippen LogP contribution in [0, 0.1) is 0 Å². The minimum atomic E-state index is -0.567. The van der Waals surface area contributed by atoms with Crippen LogP contribution in [0.3, 0.4) is 0 Å². The summed E-state index contributed by atoms with van der Waals surface area (Å²) in [6, 6.07) is 6.87. The summed E-state index contributed by atoms with van der Waals surface area (Å²) in [6.45, 7) is 14.8. The number of piperazine rings is 1. The molecule has 0 bridgehead atoms. The molecular weight excluding hydrogens is 356 g/mol. The van der Waals surface area contributed by atoms with Gasteiger partial charge in [0, 0.05) is 44.0 Å². The van der Waals surface area contributed by atoms with Crippen LogP contribution >= 0.6 is 0 Å². The molecule has 0 unspecified atom stereocenters. The number of benzene rings is 1. The van der Waals surface area contributed by atoms with Crippen LogP contribution < -0.4 is 10.6 Å². The number of nitrogens with zero attached hydrogens (tertiary/aromatic N) is 2. The third kappa shape index (κ3) is 7.86. The quantitative estimate of drug-likeness (QED) is 0.701. The highest BCUT2D eigenvalue weighted by molar-refractivity contribution is 5.96. The van der Waals surface area contributed by atoms with E-state index in [2.05, 4.69) is 27.4 Å². The van der Waals surface area contributed by atoms with Crippen molar-refractivity contribution in [2.45, 2.75) is 39.7 Å². The summed E-state index contributed by atoms with van der Waals surface area (Å²) in [7, 11) is 0. The minimum absolute atomic E-state index is 0.136. The Hall–Kier alpha value is -2.12. The molecule has 7 nitrogen and oxygen atoms in total. The normalized spacial score (nSPS) is 15.9. The van der Waals surface area contributed by atoms with Crippen molar-refractivity contribution in [1.82, 2.24) is 15.1 Å². The number of likely N-dealkylation sites (N-methyl/N-ethyl adjacent to an activating group) is 1. The van der Waals surface area contributed by atoms with Crippen LogP contribution in [0.1, 0.15) is 44.5 Å². The Balaban J connectivity index is 1.73. The zero-order valence-electron chi connectivity index (χ0n) is 17.6. The maximum atomic E-state index is 12.4. The van der Waals surface area contributed by atoms with Crippen LogP contribution in [-0.2, 0) is 4.74 Å². The van der Waals surface area contributed by atoms with Crippen molar-refractivity contribution in [2.24, 2.45) is 0 Å². The number of carbonyl (C=O) groups excluding carboxylic acids is 2. The van der Waals surface area contributed by atoms with E-state index >= 15 is 0 Å². The van der Waals surface area contributed by atoms with Gasteiger partial charge < -0.3 is 19.9 Å². The van der Waals surface area contributed by atoms with Crippen LogP contribution in [0.25, 0.3) is 0 Å². The van der Waals surface area contributed by atoms with Crippen molar-refractivity contribution in [3.05, 3.63) is 29.8 Å². The lowest BCUT2D eigenvalue weighted by molar-refractivity contribution is 0.0635. The van der Waals surface area contributed by atoms with Crippen LogP contribution in [0.4, 0.5) is 10.5 Å². The molecule has 2 N–H and O–H groups in total. The highest BCUT2D eigenvalue weighted by Crippen LogP contribution is 2.13. The van der Waals surface area contributed by atoms with Crippen LogP contribution in [-0.4, -0.2) is 73.2 Å². The van der Waals surface area contributed by atoms with Crippen molar-refractivity contribution in [1.29, 1.82) is 0 Å². The second-order valence-corrected chi connectivity index (χ2v) is 8.09. The maximum absolute atomic E-state index is 12.4. The molecule has 0 saturated carbocycles. The van der Waals surface area contributed by atoms with Gasteiger partial charge in [-0.25, -0.2) is 4.79 Å². The third-order valence-corrected chi connectivity index (χ3v) is 4.62. The van der Waals surface area contributed by atoms with Crippen molar-refractivity contribution >= 4 is 17.7 Å². The van der Waals surface area contributed by atoms with Crippen molar-refractivity contribution in [3.63, 3.8) is 0 Å². The van der Waals surface area contributed by atoms with Crippen LogP contribution in [0.5, 0.6) is 0 Å². The molecule has 1 aliphatic heterocycles. The molecule has 1 aromatic rings. The van der Waals surface area contributed by atoms with E-state index in [1.807, 2.05) is 0 Å². The topological polar surface area (TPSA) is 73.9 Å². The predicted octanol–water partition coefficient (Wildman–Crippen LogP) is 2.79. The van der Waals surface area contributed by atoms with E-state index in [-0.39, 0.29) is 5.91 Å². The van der Waals surface area contributed by atoms with Crippen molar-refractivity contribution in [2.75, 3.05) is 51.1 Å². The first-order valence-electron chi connectivity index (χ1n) is 10.1. The molecule has 0 spiro atoms. The molecule has 2 amide bonds. The Kier molecular flexibility index (Phi) is 8.26. The van der Waals surface area contributed by atoms with Gasteiger partial charge in [0.15, 0.2) is 0 Å². The third-order valence-electron chi connectivity index (χ3n) is 4.62. The molecular formula is C21H34N4O3. The van der Waals surface area contributed by atoms with Gasteiger partial charge in [-0.3, -0.25) is 10.1 Å². The standard InChI is InChI=1S/C21H34N4O3/c1-5-24-12-14-25(15-13-24)11-7-10-22-19(26)17-8-6-9-18(16-17)23-20(27)28-21(2,3)4/h6,8-9,16H,5,7,10-15H2,1-4H3,(H,22,26)(H,23,27). The lowest BCUT2D eigenvalue weighted by Crippen LogP contribution is -2.46. The SMILES string of the molecule is CCN1CCN(CCCNC(=O)c2cccc(NC(=O)OC(C)(C)C)c2)CC1. The number of ether oxygens (including phenoxy) is 1. The fraction of sp³-hybridized carbons (Fsp3) is 0.619. The lowest BCUT2D eigenvalue weighted by Gasteiger charge is -2.33. The van der Waals surface area contributed by atoms with Crippen molar-refractivity contribution < 1.29 is 14.3 Å². The highest BCUT2D eigenvalue weighted by atomic mass is 16.6. The number of hydrogen-bond acceptors (Lipinski definition) is 5. The fourth-order valence-corrected chi connectivity index (χ4v) is 3.10. The summed E-state index contributed by atoms with van der Waals surface area (Å²) < 4.78 is 5.23. The summed E-state index contributed by atoms with van der Waals surface area (Å²) in [5.74, 6) is -0.136. The summed E-state index contributed by atoms with van der Waals surface area (Å²) >= 11 is 0. The minimum Gasteiger partial charge on any atom is -0.444 e. The van der Waals surface area contributed by atoms with Gasteiger partial charge in [-0.15, -0.1) is 0 Å². The first-order chi connectivity index (χ1) is 13.3. The smallest absolute Gasteiger partial charge is 0.412 e. The van der Waals surface area contributed by atoms with Crippen molar-refractivity contribution in [3.8, 4) is 0 Å². The molecule has 0 radical (unpaired) electrons. The molecule has 2 rings (SSSR count). The number of nitrogens with one attached hydrogen (secondary N) is 2. The molecule has 1 aliphatic rings. The number of rotatable bonds is 7. The summed E-state index contributed by atoms with van der Waals surface area (Å²) in [5, 5.41) is 5.62. The molecule has 0 atom stereocenters. The molecule has 1 fully saturated rings. The molecule has 0 aromatic heterocycles. The Morgan fingerprint density at radius 3 is 2.43 bits per heavy atom. The van der Waals surface area contributed by atoms with E-state index < -0.39 is 11.7 Å². The van der Waals surface area contributed by atoms with Gasteiger partial charge in [0.25, 0.3) is 5.91 Å². The summed E-state index contributed by atoms with van der Waals surface area (Å²) in [6.07, 6.45) is 0.390. The number of amides is 2. The number of hydrogen-bond donors (Lipinski definition) is 2. The van der Waals surface area contributed by atoms with Crippen LogP contribution in [0.15, 0.2) is 24.3 Å². The van der Waals surface area contributed by atoms with E-state index in [1.54, 1.807) is 45.0 Å². The monoisotopic (exact) mass is 390 g/mol. The zero-order valence-corrected chi connectivity index (χ0v) is 17.6. The lowest BCUT2D eigenvalue weighted by atomic mass is 10.2. The average molecular weight is 391 g/mol. The van der Waals surface area contributed by atoms with Gasteiger partial charge in [-0.2, -0.15) is 0 Å². The number of carbonyl (C=O) groups is 2. The molecule has 1 heterocycles. The zero-order chi connectivity index (χ0) is 20.6. The molecule has 28 heavy (non-hydrogen) atoms. The van der Waals surface area contributed by atoms with Gasteiger partial charge in [-0.1, -0.05) is 13.0 Å². The molecule has 0 aliphatic carbocycles. The molecule has 1 saturated heterocycles. The van der Waals surface area contributed by atoms with E-state index in [4.69, 9.17) is 4.74 Å². The van der Waals surface area contributed by atoms with Gasteiger partial charge in [0.2, 0.25) is 0 Å². The first-order valence-corrected chi connectivity index (χ1v) is 10.1. The maximum Gasteiger partial charge on any atom is 0.412 e. The molecule has 7 heteroatoms.